The summed E-state index contributed by atoms with van der Waals surface area (Å²) in [5, 5.41) is 0. The number of carbonyl (C=O) groups is 3. The summed E-state index contributed by atoms with van der Waals surface area (Å²) >= 11 is 0. The number of rotatable bonds is 2. The van der Waals surface area contributed by atoms with Crippen LogP contribution in [0, 0.1) is 0 Å². The third-order valence-electron chi connectivity index (χ3n) is 2.63. The molecule has 1 heterocycles. The molecule has 1 fully saturated rings. The molecular weight excluding hydrogens is 222 g/mol. The van der Waals surface area contributed by atoms with E-state index in [9.17, 15) is 14.4 Å². The first kappa shape index (κ1) is 11.1. The zero-order chi connectivity index (χ0) is 12.6. The lowest BCUT2D eigenvalue weighted by atomic mass is 10.2. The van der Waals surface area contributed by atoms with Gasteiger partial charge in [0.2, 0.25) is 0 Å². The Balaban J connectivity index is 2.26. The predicted octanol–water partition coefficient (Wildman–Crippen LogP) is 0.189. The molecule has 0 radical (unpaired) electrons. The average Bonchev–Trinajstić information content (AvgIpc) is 2.50. The fraction of sp³-hybridized carbons (Fsp3) is 0.182. The summed E-state index contributed by atoms with van der Waals surface area (Å²) in [5.74, 6) is -1.63. The van der Waals surface area contributed by atoms with Crippen molar-refractivity contribution >= 4 is 23.5 Å². The smallest absolute Gasteiger partial charge is 0.334 e. The molecule has 0 aliphatic carbocycles. The first-order valence-corrected chi connectivity index (χ1v) is 4.99. The molecule has 0 bridgehead atoms. The second-order valence-corrected chi connectivity index (χ2v) is 3.74. The van der Waals surface area contributed by atoms with Gasteiger partial charge in [0.1, 0.15) is 0 Å². The van der Waals surface area contributed by atoms with E-state index < -0.39 is 17.8 Å². The van der Waals surface area contributed by atoms with E-state index in [1.165, 1.54) is 7.05 Å². The highest BCUT2D eigenvalue weighted by Gasteiger charge is 2.42. The Hall–Kier alpha value is -2.37. The van der Waals surface area contributed by atoms with Crippen molar-refractivity contribution in [2.45, 2.75) is 6.54 Å². The van der Waals surface area contributed by atoms with Crippen molar-refractivity contribution in [1.82, 2.24) is 9.80 Å². The van der Waals surface area contributed by atoms with Crippen LogP contribution in [-0.4, -0.2) is 34.7 Å². The van der Waals surface area contributed by atoms with Crippen LogP contribution in [-0.2, 0) is 16.1 Å². The number of benzene rings is 1. The SMILES string of the molecule is CN1C(=O)C(=O)N(Cc2ccccc2N)C1=O. The minimum Gasteiger partial charge on any atom is -0.398 e. The highest BCUT2D eigenvalue weighted by atomic mass is 16.2. The topological polar surface area (TPSA) is 83.7 Å². The summed E-state index contributed by atoms with van der Waals surface area (Å²) in [7, 11) is 1.27. The molecule has 6 heteroatoms. The van der Waals surface area contributed by atoms with E-state index in [0.29, 0.717) is 11.3 Å². The molecule has 0 spiro atoms. The van der Waals surface area contributed by atoms with Crippen molar-refractivity contribution in [1.29, 1.82) is 0 Å². The number of carbonyl (C=O) groups excluding carboxylic acids is 3. The number of hydrogen-bond donors (Lipinski definition) is 1. The van der Waals surface area contributed by atoms with E-state index in [4.69, 9.17) is 5.73 Å². The third kappa shape index (κ3) is 1.73. The Morgan fingerprint density at radius 1 is 1.12 bits per heavy atom. The van der Waals surface area contributed by atoms with Gasteiger partial charge >= 0.3 is 17.8 Å². The molecule has 0 aromatic heterocycles. The van der Waals surface area contributed by atoms with Crippen LogP contribution >= 0.6 is 0 Å². The molecule has 1 aromatic rings. The van der Waals surface area contributed by atoms with Crippen LogP contribution in [0.5, 0.6) is 0 Å². The van der Waals surface area contributed by atoms with Gasteiger partial charge in [-0.25, -0.2) is 4.79 Å². The minimum absolute atomic E-state index is 0.0143. The molecule has 6 nitrogen and oxygen atoms in total. The fourth-order valence-electron chi connectivity index (χ4n) is 1.60. The first-order chi connectivity index (χ1) is 8.02. The molecule has 0 atom stereocenters. The van der Waals surface area contributed by atoms with Gasteiger partial charge in [-0.3, -0.25) is 19.4 Å². The summed E-state index contributed by atoms with van der Waals surface area (Å²) in [6, 6.07) is 6.26. The lowest BCUT2D eigenvalue weighted by Gasteiger charge is -2.14. The number of para-hydroxylation sites is 1. The van der Waals surface area contributed by atoms with Crippen LogP contribution in [0.4, 0.5) is 10.5 Å². The number of likely N-dealkylation sites (N-methyl/N-ethyl adjacent to an activating group) is 1. The summed E-state index contributed by atoms with van der Waals surface area (Å²) in [6.45, 7) is 0.0143. The molecule has 88 valence electrons. The predicted molar refractivity (Wildman–Crippen MR) is 59.6 cm³/mol. The van der Waals surface area contributed by atoms with E-state index >= 15 is 0 Å². The number of nitrogens with two attached hydrogens (primary N) is 1. The maximum atomic E-state index is 11.6. The molecular formula is C11H11N3O3. The largest absolute Gasteiger partial charge is 0.398 e. The van der Waals surface area contributed by atoms with Crippen molar-refractivity contribution in [3.05, 3.63) is 29.8 Å². The van der Waals surface area contributed by atoms with Gasteiger partial charge in [0, 0.05) is 12.7 Å². The lowest BCUT2D eigenvalue weighted by molar-refractivity contribution is -0.143. The molecule has 1 aliphatic rings. The lowest BCUT2D eigenvalue weighted by Crippen LogP contribution is -2.31. The molecule has 2 rings (SSSR count). The van der Waals surface area contributed by atoms with Crippen molar-refractivity contribution < 1.29 is 14.4 Å². The van der Waals surface area contributed by atoms with Crippen molar-refractivity contribution in [2.75, 3.05) is 12.8 Å². The van der Waals surface area contributed by atoms with Crippen LogP contribution < -0.4 is 5.73 Å². The van der Waals surface area contributed by atoms with Gasteiger partial charge in [0.25, 0.3) is 0 Å². The zero-order valence-electron chi connectivity index (χ0n) is 9.21. The minimum atomic E-state index is -0.819. The standard InChI is InChI=1S/C11H11N3O3/c1-13-9(15)10(16)14(11(13)17)6-7-4-2-3-5-8(7)12/h2-5H,6,12H2,1H3. The van der Waals surface area contributed by atoms with E-state index in [1.54, 1.807) is 24.3 Å². The quantitative estimate of drug-likeness (QED) is 0.449. The number of urea groups is 1. The summed E-state index contributed by atoms with van der Waals surface area (Å²) in [5.41, 5.74) is 6.83. The maximum absolute atomic E-state index is 11.6. The molecule has 1 aliphatic heterocycles. The molecule has 1 saturated heterocycles. The van der Waals surface area contributed by atoms with E-state index in [2.05, 4.69) is 0 Å². The molecule has 4 amide bonds. The number of nitrogens with zero attached hydrogens (tertiary/aromatic N) is 2. The Labute approximate surface area is 97.6 Å². The van der Waals surface area contributed by atoms with E-state index in [1.807, 2.05) is 0 Å². The van der Waals surface area contributed by atoms with Crippen LogP contribution in [0.2, 0.25) is 0 Å². The molecule has 2 N–H and O–H groups in total. The second kappa shape index (κ2) is 3.89. The zero-order valence-corrected chi connectivity index (χ0v) is 9.21. The third-order valence-corrected chi connectivity index (χ3v) is 2.63. The highest BCUT2D eigenvalue weighted by Crippen LogP contribution is 2.18. The van der Waals surface area contributed by atoms with Crippen LogP contribution in [0.3, 0.4) is 0 Å². The Morgan fingerprint density at radius 2 is 1.76 bits per heavy atom. The maximum Gasteiger partial charge on any atom is 0.334 e. The second-order valence-electron chi connectivity index (χ2n) is 3.74. The normalized spacial score (nSPS) is 15.9. The number of anilines is 1. The van der Waals surface area contributed by atoms with E-state index in [-0.39, 0.29) is 6.54 Å². The molecule has 0 saturated carbocycles. The van der Waals surface area contributed by atoms with Gasteiger partial charge < -0.3 is 5.73 Å². The van der Waals surface area contributed by atoms with Gasteiger partial charge in [0.05, 0.1) is 6.54 Å². The van der Waals surface area contributed by atoms with Gasteiger partial charge in [-0.15, -0.1) is 0 Å². The molecule has 17 heavy (non-hydrogen) atoms. The van der Waals surface area contributed by atoms with Gasteiger partial charge in [0.15, 0.2) is 0 Å². The summed E-state index contributed by atoms with van der Waals surface area (Å²) in [6.07, 6.45) is 0. The Kier molecular flexibility index (Phi) is 2.55. The van der Waals surface area contributed by atoms with Gasteiger partial charge in [-0.05, 0) is 11.6 Å². The van der Waals surface area contributed by atoms with Crippen molar-refractivity contribution in [2.24, 2.45) is 0 Å². The van der Waals surface area contributed by atoms with E-state index in [0.717, 1.165) is 9.80 Å². The number of amides is 4. The Morgan fingerprint density at radius 3 is 2.29 bits per heavy atom. The monoisotopic (exact) mass is 233 g/mol. The number of hydrogen-bond acceptors (Lipinski definition) is 4. The Bertz CT molecular complexity index is 512. The van der Waals surface area contributed by atoms with Crippen LogP contribution in [0.25, 0.3) is 0 Å². The number of nitrogen functional groups attached to an aromatic ring is 1. The average molecular weight is 233 g/mol. The summed E-state index contributed by atoms with van der Waals surface area (Å²) in [4.78, 5) is 36.1. The number of imide groups is 2. The van der Waals surface area contributed by atoms with Gasteiger partial charge in [-0.1, -0.05) is 18.2 Å². The fourth-order valence-corrected chi connectivity index (χ4v) is 1.60. The van der Waals surface area contributed by atoms with Gasteiger partial charge in [-0.2, -0.15) is 0 Å². The van der Waals surface area contributed by atoms with Crippen LogP contribution in [0.1, 0.15) is 5.56 Å². The first-order valence-electron chi connectivity index (χ1n) is 4.99. The van der Waals surface area contributed by atoms with Crippen molar-refractivity contribution in [3.8, 4) is 0 Å². The molecule has 1 aromatic carbocycles. The summed E-state index contributed by atoms with van der Waals surface area (Å²) < 4.78 is 0. The van der Waals surface area contributed by atoms with Crippen molar-refractivity contribution in [3.63, 3.8) is 0 Å². The highest BCUT2D eigenvalue weighted by molar-refractivity contribution is 6.44. The van der Waals surface area contributed by atoms with Crippen LogP contribution in [0.15, 0.2) is 24.3 Å². The molecule has 0 unspecified atom stereocenters.